The van der Waals surface area contributed by atoms with Crippen LogP contribution >= 0.6 is 0 Å². The van der Waals surface area contributed by atoms with Crippen molar-refractivity contribution in [2.24, 2.45) is 0 Å². The van der Waals surface area contributed by atoms with Gasteiger partial charge >= 0.3 is 5.97 Å². The molecule has 0 spiro atoms. The van der Waals surface area contributed by atoms with Crippen molar-refractivity contribution in [3.05, 3.63) is 65.5 Å². The number of sulfonamides is 1. The molecular weight excluding hydrogens is 357 g/mol. The first-order valence-electron chi connectivity index (χ1n) is 8.22. The van der Waals surface area contributed by atoms with Gasteiger partial charge in [0.1, 0.15) is 12.4 Å². The summed E-state index contributed by atoms with van der Waals surface area (Å²) in [7, 11) is -2.27. The van der Waals surface area contributed by atoms with Gasteiger partial charge in [0.2, 0.25) is 10.0 Å². The number of carbonyl (C=O) groups is 1. The summed E-state index contributed by atoms with van der Waals surface area (Å²) in [6, 6.07) is 12.3. The van der Waals surface area contributed by atoms with E-state index in [1.54, 1.807) is 0 Å². The predicted octanol–water partition coefficient (Wildman–Crippen LogP) is 3.28. The van der Waals surface area contributed by atoms with E-state index in [9.17, 15) is 17.6 Å². The van der Waals surface area contributed by atoms with Crippen LogP contribution in [0.15, 0.2) is 53.4 Å². The molecule has 0 bridgehead atoms. The van der Waals surface area contributed by atoms with Crippen LogP contribution in [0.5, 0.6) is 0 Å². The molecular formula is C19H22FNO4S. The maximum Gasteiger partial charge on any atom is 0.306 e. The van der Waals surface area contributed by atoms with Crippen molar-refractivity contribution in [1.29, 1.82) is 0 Å². The normalized spacial score (nSPS) is 11.5. The first-order valence-corrected chi connectivity index (χ1v) is 9.66. The molecule has 0 N–H and O–H groups in total. The number of ether oxygens (including phenoxy) is 1. The van der Waals surface area contributed by atoms with Gasteiger partial charge in [-0.1, -0.05) is 29.8 Å². The van der Waals surface area contributed by atoms with Crippen LogP contribution in [0.2, 0.25) is 0 Å². The molecule has 0 radical (unpaired) electrons. The Bertz CT molecular complexity index is 833. The van der Waals surface area contributed by atoms with E-state index < -0.39 is 15.8 Å². The van der Waals surface area contributed by atoms with Gasteiger partial charge in [0, 0.05) is 20.0 Å². The van der Waals surface area contributed by atoms with E-state index in [0.29, 0.717) is 6.42 Å². The van der Waals surface area contributed by atoms with Crippen LogP contribution in [0, 0.1) is 12.7 Å². The van der Waals surface area contributed by atoms with Crippen molar-refractivity contribution >= 4 is 16.0 Å². The lowest BCUT2D eigenvalue weighted by atomic mass is 10.2. The average Bonchev–Trinajstić information content (AvgIpc) is 2.61. The third-order valence-corrected chi connectivity index (χ3v) is 5.77. The molecule has 0 aliphatic heterocycles. The Labute approximate surface area is 153 Å². The Morgan fingerprint density at radius 1 is 1.08 bits per heavy atom. The molecule has 0 saturated heterocycles. The van der Waals surface area contributed by atoms with Crippen molar-refractivity contribution < 1.29 is 22.3 Å². The number of rotatable bonds is 8. The zero-order chi connectivity index (χ0) is 19.2. The highest BCUT2D eigenvalue weighted by Gasteiger charge is 2.20. The summed E-state index contributed by atoms with van der Waals surface area (Å²) in [4.78, 5) is 11.8. The third-order valence-electron chi connectivity index (χ3n) is 3.90. The number of carbonyl (C=O) groups excluding carboxylic acids is 1. The van der Waals surface area contributed by atoms with Crippen molar-refractivity contribution in [2.45, 2.75) is 31.3 Å². The number of nitrogens with zero attached hydrogens (tertiary/aromatic N) is 1. The highest BCUT2D eigenvalue weighted by atomic mass is 32.2. The van der Waals surface area contributed by atoms with Gasteiger partial charge in [0.25, 0.3) is 0 Å². The van der Waals surface area contributed by atoms with Gasteiger partial charge in [-0.15, -0.1) is 0 Å². The van der Waals surface area contributed by atoms with E-state index >= 15 is 0 Å². The molecule has 140 valence electrons. The van der Waals surface area contributed by atoms with Gasteiger partial charge in [0.15, 0.2) is 0 Å². The molecule has 2 rings (SSSR count). The minimum Gasteiger partial charge on any atom is -0.461 e. The number of benzene rings is 2. The molecule has 0 heterocycles. The molecule has 0 saturated carbocycles. The summed E-state index contributed by atoms with van der Waals surface area (Å²) >= 11 is 0. The Hall–Kier alpha value is -2.25. The summed E-state index contributed by atoms with van der Waals surface area (Å²) in [6.45, 7) is 2.34. The van der Waals surface area contributed by atoms with Crippen molar-refractivity contribution in [2.75, 3.05) is 13.6 Å². The Morgan fingerprint density at radius 2 is 1.69 bits per heavy atom. The fourth-order valence-electron chi connectivity index (χ4n) is 2.27. The second kappa shape index (κ2) is 8.91. The summed E-state index contributed by atoms with van der Waals surface area (Å²) in [6.07, 6.45) is 0.457. The Morgan fingerprint density at radius 3 is 2.31 bits per heavy atom. The largest absolute Gasteiger partial charge is 0.461 e. The molecule has 0 aromatic heterocycles. The minimum absolute atomic E-state index is 0.0170. The van der Waals surface area contributed by atoms with Crippen molar-refractivity contribution in [3.63, 3.8) is 0 Å². The zero-order valence-electron chi connectivity index (χ0n) is 14.8. The smallest absolute Gasteiger partial charge is 0.306 e. The van der Waals surface area contributed by atoms with Gasteiger partial charge < -0.3 is 4.74 Å². The quantitative estimate of drug-likeness (QED) is 0.661. The lowest BCUT2D eigenvalue weighted by Crippen LogP contribution is -2.28. The standard InChI is InChI=1S/C19H22FNO4S/c1-15-5-7-16(8-6-15)14-25-19(22)4-3-13-21(2)26(23,24)18-11-9-17(20)10-12-18/h5-12H,3-4,13-14H2,1-2H3. The van der Waals surface area contributed by atoms with E-state index in [1.807, 2.05) is 31.2 Å². The van der Waals surface area contributed by atoms with Crippen LogP contribution in [0.4, 0.5) is 4.39 Å². The van der Waals surface area contributed by atoms with Crippen LogP contribution in [0.25, 0.3) is 0 Å². The molecule has 2 aromatic rings. The van der Waals surface area contributed by atoms with Gasteiger partial charge in [0.05, 0.1) is 4.90 Å². The van der Waals surface area contributed by atoms with Gasteiger partial charge in [-0.3, -0.25) is 4.79 Å². The molecule has 7 heteroatoms. The van der Waals surface area contributed by atoms with Crippen LogP contribution < -0.4 is 0 Å². The number of halogens is 1. The van der Waals surface area contributed by atoms with Gasteiger partial charge in [-0.05, 0) is 43.2 Å². The van der Waals surface area contributed by atoms with Crippen molar-refractivity contribution in [1.82, 2.24) is 4.31 Å². The number of esters is 1. The average molecular weight is 379 g/mol. The maximum absolute atomic E-state index is 12.9. The van der Waals surface area contributed by atoms with E-state index in [-0.39, 0.29) is 30.4 Å². The molecule has 0 atom stereocenters. The summed E-state index contributed by atoms with van der Waals surface area (Å²) in [5.41, 5.74) is 2.03. The first-order chi connectivity index (χ1) is 12.3. The van der Waals surface area contributed by atoms with Gasteiger partial charge in [-0.2, -0.15) is 0 Å². The number of hydrogen-bond donors (Lipinski definition) is 0. The van der Waals surface area contributed by atoms with E-state index in [1.165, 1.54) is 19.2 Å². The van der Waals surface area contributed by atoms with Gasteiger partial charge in [-0.25, -0.2) is 17.1 Å². The maximum atomic E-state index is 12.9. The Kier molecular flexibility index (Phi) is 6.88. The fourth-order valence-corrected chi connectivity index (χ4v) is 3.48. The monoisotopic (exact) mass is 379 g/mol. The first kappa shape index (κ1) is 20.1. The fraction of sp³-hybridized carbons (Fsp3) is 0.316. The predicted molar refractivity (Wildman–Crippen MR) is 96.4 cm³/mol. The molecule has 0 unspecified atom stereocenters. The highest BCUT2D eigenvalue weighted by Crippen LogP contribution is 2.15. The van der Waals surface area contributed by atoms with Crippen LogP contribution in [-0.2, 0) is 26.2 Å². The Balaban J connectivity index is 1.78. The molecule has 0 amide bonds. The van der Waals surface area contributed by atoms with Crippen LogP contribution in [0.3, 0.4) is 0 Å². The SMILES string of the molecule is Cc1ccc(COC(=O)CCCN(C)S(=O)(=O)c2ccc(F)cc2)cc1. The van der Waals surface area contributed by atoms with E-state index in [4.69, 9.17) is 4.74 Å². The second-order valence-corrected chi connectivity index (χ2v) is 8.08. The second-order valence-electron chi connectivity index (χ2n) is 6.03. The topological polar surface area (TPSA) is 63.7 Å². The molecule has 0 aliphatic rings. The van der Waals surface area contributed by atoms with E-state index in [2.05, 4.69) is 0 Å². The highest BCUT2D eigenvalue weighted by molar-refractivity contribution is 7.89. The molecule has 2 aromatic carbocycles. The van der Waals surface area contributed by atoms with Crippen LogP contribution in [0.1, 0.15) is 24.0 Å². The summed E-state index contributed by atoms with van der Waals surface area (Å²) in [5.74, 6) is -0.874. The number of hydrogen-bond acceptors (Lipinski definition) is 4. The molecule has 0 aliphatic carbocycles. The lowest BCUT2D eigenvalue weighted by molar-refractivity contribution is -0.145. The zero-order valence-corrected chi connectivity index (χ0v) is 15.6. The lowest BCUT2D eigenvalue weighted by Gasteiger charge is -2.17. The molecule has 5 nitrogen and oxygen atoms in total. The molecule has 26 heavy (non-hydrogen) atoms. The summed E-state index contributed by atoms with van der Waals surface area (Å²) < 4.78 is 43.9. The van der Waals surface area contributed by atoms with E-state index in [0.717, 1.165) is 27.6 Å². The molecule has 0 fully saturated rings. The number of aryl methyl sites for hydroxylation is 1. The van der Waals surface area contributed by atoms with Crippen molar-refractivity contribution in [3.8, 4) is 0 Å². The minimum atomic E-state index is -3.70. The van der Waals surface area contributed by atoms with Crippen LogP contribution in [-0.4, -0.2) is 32.3 Å². The summed E-state index contributed by atoms with van der Waals surface area (Å²) in [5, 5.41) is 0. The third kappa shape index (κ3) is 5.64.